The normalized spacial score (nSPS) is 15.2. The number of nitrogens with one attached hydrogen (secondary N) is 1. The number of hydrogen-bond donors (Lipinski definition) is 1. The van der Waals surface area contributed by atoms with E-state index < -0.39 is 0 Å². The average molecular weight is 336 g/mol. The summed E-state index contributed by atoms with van der Waals surface area (Å²) in [5.74, 6) is 1.42. The molecule has 1 N–H and O–H groups in total. The van der Waals surface area contributed by atoms with E-state index in [9.17, 15) is 0 Å². The monoisotopic (exact) mass is 336 g/mol. The Bertz CT molecular complexity index is 849. The second-order valence-electron chi connectivity index (χ2n) is 6.81. The number of rotatable bonds is 4. The standard InChI is InChI=1S/C19H24N6/c1-14(2)18-23-17-16(24-11-9-21-10-12-24)5-8-22-19(17)25(18)13-15-3-6-20-7-4-15/h3-8,14,21H,9-13H2,1-2H3. The smallest absolute Gasteiger partial charge is 0.162 e. The van der Waals surface area contributed by atoms with Gasteiger partial charge in [0.2, 0.25) is 0 Å². The van der Waals surface area contributed by atoms with Crippen LogP contribution in [0.5, 0.6) is 0 Å². The Morgan fingerprint density at radius 1 is 1.08 bits per heavy atom. The first-order valence-electron chi connectivity index (χ1n) is 8.93. The highest BCUT2D eigenvalue weighted by Gasteiger charge is 2.20. The molecular weight excluding hydrogens is 312 g/mol. The number of fused-ring (bicyclic) bond motifs is 1. The van der Waals surface area contributed by atoms with Crippen LogP contribution in [0.2, 0.25) is 0 Å². The zero-order valence-corrected chi connectivity index (χ0v) is 14.8. The van der Waals surface area contributed by atoms with Crippen molar-refractivity contribution in [2.45, 2.75) is 26.3 Å². The Hall–Kier alpha value is -2.47. The summed E-state index contributed by atoms with van der Waals surface area (Å²) >= 11 is 0. The van der Waals surface area contributed by atoms with Gasteiger partial charge in [0, 0.05) is 50.7 Å². The van der Waals surface area contributed by atoms with Crippen LogP contribution in [0, 0.1) is 0 Å². The number of anilines is 1. The van der Waals surface area contributed by atoms with Crippen molar-refractivity contribution < 1.29 is 0 Å². The number of piperazine rings is 1. The maximum Gasteiger partial charge on any atom is 0.162 e. The fraction of sp³-hybridized carbons (Fsp3) is 0.421. The van der Waals surface area contributed by atoms with Crippen LogP contribution in [0.4, 0.5) is 5.69 Å². The van der Waals surface area contributed by atoms with Gasteiger partial charge in [0.25, 0.3) is 0 Å². The maximum absolute atomic E-state index is 5.01. The van der Waals surface area contributed by atoms with Gasteiger partial charge < -0.3 is 14.8 Å². The molecule has 4 rings (SSSR count). The summed E-state index contributed by atoms with van der Waals surface area (Å²) in [4.78, 5) is 16.2. The molecule has 4 heterocycles. The highest BCUT2D eigenvalue weighted by Crippen LogP contribution is 2.29. The van der Waals surface area contributed by atoms with Crippen molar-refractivity contribution in [2.75, 3.05) is 31.1 Å². The Morgan fingerprint density at radius 3 is 2.56 bits per heavy atom. The summed E-state index contributed by atoms with van der Waals surface area (Å²) in [6.45, 7) is 9.19. The molecule has 25 heavy (non-hydrogen) atoms. The van der Waals surface area contributed by atoms with Crippen molar-refractivity contribution in [3.8, 4) is 0 Å². The van der Waals surface area contributed by atoms with Crippen LogP contribution in [-0.2, 0) is 6.54 Å². The second kappa shape index (κ2) is 6.80. The van der Waals surface area contributed by atoms with E-state index in [4.69, 9.17) is 4.98 Å². The number of imidazole rings is 1. The summed E-state index contributed by atoms with van der Waals surface area (Å²) in [7, 11) is 0. The molecule has 0 aromatic carbocycles. The SMILES string of the molecule is CC(C)c1nc2c(N3CCNCC3)ccnc2n1Cc1ccncc1. The fourth-order valence-corrected chi connectivity index (χ4v) is 3.45. The minimum Gasteiger partial charge on any atom is -0.367 e. The van der Waals surface area contributed by atoms with E-state index in [0.29, 0.717) is 5.92 Å². The van der Waals surface area contributed by atoms with Crippen LogP contribution in [0.25, 0.3) is 11.2 Å². The molecule has 1 saturated heterocycles. The summed E-state index contributed by atoms with van der Waals surface area (Å²) in [6, 6.07) is 6.20. The topological polar surface area (TPSA) is 58.9 Å². The van der Waals surface area contributed by atoms with Gasteiger partial charge in [0.1, 0.15) is 11.3 Å². The van der Waals surface area contributed by atoms with Gasteiger partial charge in [0.15, 0.2) is 5.65 Å². The van der Waals surface area contributed by atoms with Gasteiger partial charge in [-0.15, -0.1) is 0 Å². The van der Waals surface area contributed by atoms with Gasteiger partial charge in [0.05, 0.1) is 12.2 Å². The molecule has 1 aliphatic heterocycles. The Labute approximate surface area is 147 Å². The number of nitrogens with zero attached hydrogens (tertiary/aromatic N) is 5. The quantitative estimate of drug-likeness (QED) is 0.793. The molecule has 0 saturated carbocycles. The Morgan fingerprint density at radius 2 is 1.84 bits per heavy atom. The lowest BCUT2D eigenvalue weighted by atomic mass is 10.2. The van der Waals surface area contributed by atoms with E-state index in [1.807, 2.05) is 18.6 Å². The summed E-state index contributed by atoms with van der Waals surface area (Å²) < 4.78 is 2.25. The average Bonchev–Trinajstić information content (AvgIpc) is 3.02. The van der Waals surface area contributed by atoms with Crippen molar-refractivity contribution >= 4 is 16.9 Å². The van der Waals surface area contributed by atoms with Crippen molar-refractivity contribution in [1.29, 1.82) is 0 Å². The lowest BCUT2D eigenvalue weighted by Gasteiger charge is -2.29. The largest absolute Gasteiger partial charge is 0.367 e. The highest BCUT2D eigenvalue weighted by molar-refractivity contribution is 5.86. The van der Waals surface area contributed by atoms with E-state index in [-0.39, 0.29) is 0 Å². The van der Waals surface area contributed by atoms with E-state index in [1.165, 1.54) is 11.3 Å². The molecule has 130 valence electrons. The van der Waals surface area contributed by atoms with E-state index in [2.05, 4.69) is 56.8 Å². The maximum atomic E-state index is 5.01. The third-order valence-corrected chi connectivity index (χ3v) is 4.71. The Balaban J connectivity index is 1.82. The molecule has 0 bridgehead atoms. The van der Waals surface area contributed by atoms with Crippen LogP contribution in [0.1, 0.15) is 31.2 Å². The fourth-order valence-electron chi connectivity index (χ4n) is 3.45. The van der Waals surface area contributed by atoms with Gasteiger partial charge in [-0.1, -0.05) is 13.8 Å². The van der Waals surface area contributed by atoms with Gasteiger partial charge in [-0.3, -0.25) is 4.98 Å². The second-order valence-corrected chi connectivity index (χ2v) is 6.81. The van der Waals surface area contributed by atoms with Crippen LogP contribution in [0.3, 0.4) is 0 Å². The number of hydrogen-bond acceptors (Lipinski definition) is 5. The molecule has 0 atom stereocenters. The first-order valence-corrected chi connectivity index (χ1v) is 8.93. The highest BCUT2D eigenvalue weighted by atomic mass is 15.2. The van der Waals surface area contributed by atoms with Crippen LogP contribution < -0.4 is 10.2 Å². The van der Waals surface area contributed by atoms with Crippen molar-refractivity contribution in [3.63, 3.8) is 0 Å². The number of pyridine rings is 2. The van der Waals surface area contributed by atoms with Crippen LogP contribution in [0.15, 0.2) is 36.8 Å². The van der Waals surface area contributed by atoms with Crippen molar-refractivity contribution in [3.05, 3.63) is 48.2 Å². The third-order valence-electron chi connectivity index (χ3n) is 4.71. The molecular formula is C19H24N6. The first kappa shape index (κ1) is 16.0. The van der Waals surface area contributed by atoms with Gasteiger partial charge in [-0.25, -0.2) is 9.97 Å². The Kier molecular flexibility index (Phi) is 4.36. The third kappa shape index (κ3) is 3.09. The van der Waals surface area contributed by atoms with Crippen molar-refractivity contribution in [1.82, 2.24) is 24.8 Å². The number of aromatic nitrogens is 4. The predicted molar refractivity (Wildman–Crippen MR) is 100 cm³/mol. The minimum absolute atomic E-state index is 0.340. The summed E-state index contributed by atoms with van der Waals surface area (Å²) in [6.07, 6.45) is 5.58. The zero-order valence-electron chi connectivity index (χ0n) is 14.8. The predicted octanol–water partition coefficient (Wildman–Crippen LogP) is 2.41. The summed E-state index contributed by atoms with van der Waals surface area (Å²) in [5, 5.41) is 3.41. The molecule has 0 aliphatic carbocycles. The molecule has 6 heteroatoms. The first-order chi connectivity index (χ1) is 12.2. The molecule has 0 radical (unpaired) electrons. The molecule has 1 aliphatic rings. The molecule has 6 nitrogen and oxygen atoms in total. The molecule has 0 unspecified atom stereocenters. The lowest BCUT2D eigenvalue weighted by Crippen LogP contribution is -2.43. The summed E-state index contributed by atoms with van der Waals surface area (Å²) in [5.41, 5.74) is 4.39. The van der Waals surface area contributed by atoms with Crippen molar-refractivity contribution in [2.24, 2.45) is 0 Å². The van der Waals surface area contributed by atoms with Crippen LogP contribution >= 0.6 is 0 Å². The zero-order chi connectivity index (χ0) is 17.2. The molecule has 0 spiro atoms. The lowest BCUT2D eigenvalue weighted by molar-refractivity contribution is 0.590. The molecule has 0 amide bonds. The van der Waals surface area contributed by atoms with E-state index >= 15 is 0 Å². The van der Waals surface area contributed by atoms with Crippen LogP contribution in [-0.4, -0.2) is 45.7 Å². The van der Waals surface area contributed by atoms with Gasteiger partial charge in [-0.2, -0.15) is 0 Å². The minimum atomic E-state index is 0.340. The molecule has 3 aromatic heterocycles. The molecule has 3 aromatic rings. The molecule has 1 fully saturated rings. The van der Waals surface area contributed by atoms with Gasteiger partial charge in [-0.05, 0) is 23.8 Å². The van der Waals surface area contributed by atoms with E-state index in [0.717, 1.165) is 49.7 Å². The van der Waals surface area contributed by atoms with E-state index in [1.54, 1.807) is 0 Å². The van der Waals surface area contributed by atoms with Gasteiger partial charge >= 0.3 is 0 Å².